The molecule has 3 N–H and O–H groups in total. The second-order valence-electron chi connectivity index (χ2n) is 6.74. The number of halogens is 1. The van der Waals surface area contributed by atoms with E-state index in [1.165, 1.54) is 24.3 Å². The second kappa shape index (κ2) is 9.00. The van der Waals surface area contributed by atoms with E-state index in [2.05, 4.69) is 25.8 Å². The summed E-state index contributed by atoms with van der Waals surface area (Å²) in [4.78, 5) is 28.4. The van der Waals surface area contributed by atoms with Crippen LogP contribution >= 0.6 is 0 Å². The molecular weight excluding hydrogens is 397 g/mol. The van der Waals surface area contributed by atoms with Gasteiger partial charge in [-0.25, -0.2) is 4.39 Å². The summed E-state index contributed by atoms with van der Waals surface area (Å²) in [6.07, 6.45) is 5.08. The van der Waals surface area contributed by atoms with E-state index in [9.17, 15) is 14.0 Å². The van der Waals surface area contributed by atoms with Crippen LogP contribution in [0.4, 0.5) is 15.8 Å². The number of nitrogens with one attached hydrogen (secondary N) is 3. The van der Waals surface area contributed by atoms with Gasteiger partial charge in [0.15, 0.2) is 0 Å². The molecule has 0 aliphatic carbocycles. The SMILES string of the molecule is O=C(CC(=O)Nc1ccc2c(/C=C/c3ccccn3)n[nH]c2c1)Nc1ccc(F)cc1. The Kier molecular flexibility index (Phi) is 5.79. The molecule has 154 valence electrons. The highest BCUT2D eigenvalue weighted by Gasteiger charge is 2.11. The van der Waals surface area contributed by atoms with E-state index < -0.39 is 17.6 Å². The first-order valence-electron chi connectivity index (χ1n) is 9.49. The molecule has 4 aromatic rings. The van der Waals surface area contributed by atoms with Crippen LogP contribution in [0.2, 0.25) is 0 Å². The van der Waals surface area contributed by atoms with Gasteiger partial charge in [0.2, 0.25) is 11.8 Å². The summed E-state index contributed by atoms with van der Waals surface area (Å²) in [7, 11) is 0. The number of hydrogen-bond donors (Lipinski definition) is 3. The van der Waals surface area contributed by atoms with Gasteiger partial charge in [-0.2, -0.15) is 5.10 Å². The molecule has 0 unspecified atom stereocenters. The van der Waals surface area contributed by atoms with E-state index in [-0.39, 0.29) is 6.42 Å². The monoisotopic (exact) mass is 415 g/mol. The van der Waals surface area contributed by atoms with Crippen molar-refractivity contribution in [2.45, 2.75) is 6.42 Å². The van der Waals surface area contributed by atoms with Gasteiger partial charge in [0.1, 0.15) is 12.2 Å². The average molecular weight is 415 g/mol. The third kappa shape index (κ3) is 5.18. The Morgan fingerprint density at radius 3 is 2.42 bits per heavy atom. The number of H-pyrrole nitrogens is 1. The maximum Gasteiger partial charge on any atom is 0.233 e. The highest BCUT2D eigenvalue weighted by atomic mass is 19.1. The maximum atomic E-state index is 12.9. The van der Waals surface area contributed by atoms with Gasteiger partial charge in [-0.3, -0.25) is 19.7 Å². The molecule has 2 heterocycles. The van der Waals surface area contributed by atoms with Crippen molar-refractivity contribution < 1.29 is 14.0 Å². The van der Waals surface area contributed by atoms with Crippen LogP contribution in [-0.2, 0) is 9.59 Å². The number of nitrogens with zero attached hydrogens (tertiary/aromatic N) is 2. The number of rotatable bonds is 6. The second-order valence-corrected chi connectivity index (χ2v) is 6.74. The van der Waals surface area contributed by atoms with Gasteiger partial charge in [-0.05, 0) is 66.7 Å². The van der Waals surface area contributed by atoms with Gasteiger partial charge in [0.25, 0.3) is 0 Å². The van der Waals surface area contributed by atoms with Crippen LogP contribution < -0.4 is 10.6 Å². The molecule has 2 aromatic heterocycles. The maximum absolute atomic E-state index is 12.9. The zero-order valence-corrected chi connectivity index (χ0v) is 16.3. The van der Waals surface area contributed by atoms with E-state index >= 15 is 0 Å². The van der Waals surface area contributed by atoms with Gasteiger partial charge in [-0.15, -0.1) is 0 Å². The summed E-state index contributed by atoms with van der Waals surface area (Å²) in [5.74, 6) is -1.36. The van der Waals surface area contributed by atoms with Crippen LogP contribution in [0.25, 0.3) is 23.1 Å². The summed E-state index contributed by atoms with van der Waals surface area (Å²) in [6.45, 7) is 0. The van der Waals surface area contributed by atoms with Crippen molar-refractivity contribution in [3.63, 3.8) is 0 Å². The summed E-state index contributed by atoms with van der Waals surface area (Å²) in [5, 5.41) is 13.4. The molecule has 0 saturated heterocycles. The standard InChI is InChI=1S/C23H18FN5O2/c24-15-4-6-17(7-5-15)26-22(30)14-23(31)27-18-8-10-19-20(28-29-21(19)13-18)11-9-16-3-1-2-12-25-16/h1-13H,14H2,(H,26,30)(H,27,31)(H,28,29)/b11-9+. The number of pyridine rings is 1. The number of amides is 2. The third-order valence-corrected chi connectivity index (χ3v) is 4.42. The minimum atomic E-state index is -0.492. The summed E-state index contributed by atoms with van der Waals surface area (Å²) in [5.41, 5.74) is 3.27. The fourth-order valence-corrected chi connectivity index (χ4v) is 2.97. The van der Waals surface area contributed by atoms with Crippen molar-refractivity contribution >= 4 is 46.2 Å². The Labute approximate surface area is 177 Å². The molecule has 0 bridgehead atoms. The topological polar surface area (TPSA) is 99.8 Å². The molecule has 31 heavy (non-hydrogen) atoms. The van der Waals surface area contributed by atoms with Crippen LogP contribution in [0.3, 0.4) is 0 Å². The molecular formula is C23H18FN5O2. The molecule has 0 radical (unpaired) electrons. The number of hydrogen-bond acceptors (Lipinski definition) is 4. The van der Waals surface area contributed by atoms with Crippen molar-refractivity contribution in [3.8, 4) is 0 Å². The largest absolute Gasteiger partial charge is 0.326 e. The van der Waals surface area contributed by atoms with Crippen molar-refractivity contribution in [2.24, 2.45) is 0 Å². The lowest BCUT2D eigenvalue weighted by Crippen LogP contribution is -2.21. The third-order valence-electron chi connectivity index (χ3n) is 4.42. The molecule has 2 aromatic carbocycles. The first-order chi connectivity index (χ1) is 15.1. The predicted molar refractivity (Wildman–Crippen MR) is 118 cm³/mol. The number of benzene rings is 2. The minimum Gasteiger partial charge on any atom is -0.326 e. The van der Waals surface area contributed by atoms with Crippen LogP contribution in [0.5, 0.6) is 0 Å². The fraction of sp³-hybridized carbons (Fsp3) is 0.0435. The van der Waals surface area contributed by atoms with Crippen molar-refractivity contribution in [2.75, 3.05) is 10.6 Å². The van der Waals surface area contributed by atoms with Crippen molar-refractivity contribution in [3.05, 3.63) is 84.1 Å². The van der Waals surface area contributed by atoms with E-state index in [1.807, 2.05) is 36.4 Å². The molecule has 8 heteroatoms. The Morgan fingerprint density at radius 1 is 0.935 bits per heavy atom. The molecule has 4 rings (SSSR count). The Balaban J connectivity index is 1.38. The molecule has 0 aliphatic rings. The van der Waals surface area contributed by atoms with Gasteiger partial charge < -0.3 is 10.6 Å². The lowest BCUT2D eigenvalue weighted by atomic mass is 10.1. The van der Waals surface area contributed by atoms with Crippen LogP contribution in [0.15, 0.2) is 66.9 Å². The van der Waals surface area contributed by atoms with Gasteiger partial charge in [0, 0.05) is 23.0 Å². The molecule has 0 fully saturated rings. The number of aromatic nitrogens is 3. The molecule has 0 spiro atoms. The lowest BCUT2D eigenvalue weighted by molar-refractivity contribution is -0.123. The van der Waals surface area contributed by atoms with Gasteiger partial charge >= 0.3 is 0 Å². The Morgan fingerprint density at radius 2 is 1.68 bits per heavy atom. The first kappa shape index (κ1) is 20.0. The number of fused-ring (bicyclic) bond motifs is 1. The zero-order valence-electron chi connectivity index (χ0n) is 16.3. The summed E-state index contributed by atoms with van der Waals surface area (Å²) in [6, 6.07) is 16.3. The van der Waals surface area contributed by atoms with Crippen molar-refractivity contribution in [1.29, 1.82) is 0 Å². The van der Waals surface area contributed by atoms with Crippen LogP contribution in [0, 0.1) is 5.82 Å². The average Bonchev–Trinajstić information content (AvgIpc) is 3.16. The highest BCUT2D eigenvalue weighted by Crippen LogP contribution is 2.22. The normalized spacial score (nSPS) is 11.0. The summed E-state index contributed by atoms with van der Waals surface area (Å²) < 4.78 is 12.9. The smallest absolute Gasteiger partial charge is 0.233 e. The number of aromatic amines is 1. The number of carbonyl (C=O) groups is 2. The lowest BCUT2D eigenvalue weighted by Gasteiger charge is -2.07. The van der Waals surface area contributed by atoms with E-state index in [4.69, 9.17) is 0 Å². The molecule has 0 saturated carbocycles. The van der Waals surface area contributed by atoms with E-state index in [1.54, 1.807) is 18.3 Å². The first-order valence-corrected chi connectivity index (χ1v) is 9.49. The fourth-order valence-electron chi connectivity index (χ4n) is 2.97. The number of anilines is 2. The highest BCUT2D eigenvalue weighted by molar-refractivity contribution is 6.08. The quantitative estimate of drug-likeness (QED) is 0.410. The van der Waals surface area contributed by atoms with Gasteiger partial charge in [-0.1, -0.05) is 6.07 Å². The molecule has 7 nitrogen and oxygen atoms in total. The zero-order chi connectivity index (χ0) is 21.6. The van der Waals surface area contributed by atoms with E-state index in [0.29, 0.717) is 11.4 Å². The number of carbonyl (C=O) groups excluding carboxylic acids is 2. The summed E-state index contributed by atoms with van der Waals surface area (Å²) >= 11 is 0. The molecule has 2 amide bonds. The molecule has 0 aliphatic heterocycles. The van der Waals surface area contributed by atoms with Crippen LogP contribution in [0.1, 0.15) is 17.8 Å². The predicted octanol–water partition coefficient (Wildman–Crippen LogP) is 4.23. The minimum absolute atomic E-state index is 0.365. The van der Waals surface area contributed by atoms with Crippen molar-refractivity contribution in [1.82, 2.24) is 15.2 Å². The van der Waals surface area contributed by atoms with E-state index in [0.717, 1.165) is 22.3 Å². The Hall–Kier alpha value is -4.33. The molecule has 0 atom stereocenters. The van der Waals surface area contributed by atoms with Crippen LogP contribution in [-0.4, -0.2) is 27.0 Å². The van der Waals surface area contributed by atoms with Gasteiger partial charge in [0.05, 0.1) is 16.9 Å². The Bertz CT molecular complexity index is 1250.